The lowest BCUT2D eigenvalue weighted by molar-refractivity contribution is 0.0198. The van der Waals surface area contributed by atoms with Gasteiger partial charge in [-0.25, -0.2) is 9.78 Å². The van der Waals surface area contributed by atoms with Crippen molar-refractivity contribution >= 4 is 40.3 Å². The van der Waals surface area contributed by atoms with Crippen molar-refractivity contribution in [2.45, 2.75) is 51.9 Å². The molecule has 0 bridgehead atoms. The molecule has 0 fully saturated rings. The molecule has 1 aromatic heterocycles. The number of nitrogens with zero attached hydrogens (tertiary/aromatic N) is 2. The summed E-state index contributed by atoms with van der Waals surface area (Å²) >= 11 is 8.06. The quantitative estimate of drug-likeness (QED) is 0.421. The van der Waals surface area contributed by atoms with Gasteiger partial charge in [-0.3, -0.25) is 0 Å². The van der Waals surface area contributed by atoms with E-state index in [0.717, 1.165) is 9.13 Å². The number of benzene rings is 1. The van der Waals surface area contributed by atoms with Gasteiger partial charge in [0.15, 0.2) is 0 Å². The molecule has 1 aromatic carbocycles. The molecule has 28 heavy (non-hydrogen) atoms. The van der Waals surface area contributed by atoms with Crippen LogP contribution in [0.5, 0.6) is 0 Å². The van der Waals surface area contributed by atoms with E-state index in [1.165, 1.54) is 11.1 Å². The molecular formula is C21H26ClIN2O3. The van der Waals surface area contributed by atoms with Crippen molar-refractivity contribution in [3.05, 3.63) is 62.4 Å². The molecular weight excluding hydrogens is 491 g/mol. The minimum Gasteiger partial charge on any atom is -0.446 e. The summed E-state index contributed by atoms with van der Waals surface area (Å²) in [7, 11) is 0. The summed E-state index contributed by atoms with van der Waals surface area (Å²) in [6.45, 7) is 7.69. The van der Waals surface area contributed by atoms with Crippen LogP contribution in [0.4, 0.5) is 4.79 Å². The molecule has 0 saturated heterocycles. The highest BCUT2D eigenvalue weighted by atomic mass is 127. The van der Waals surface area contributed by atoms with Gasteiger partial charge in [-0.1, -0.05) is 29.8 Å². The number of hydrogen-bond acceptors (Lipinski definition) is 4. The molecule has 0 radical (unpaired) electrons. The molecule has 5 nitrogen and oxygen atoms in total. The average molecular weight is 517 g/mol. The molecule has 1 amide bonds. The van der Waals surface area contributed by atoms with Crippen LogP contribution in [0, 0.1) is 3.57 Å². The number of rotatable bonds is 6. The van der Waals surface area contributed by atoms with E-state index in [2.05, 4.69) is 27.6 Å². The highest BCUT2D eigenvalue weighted by Crippen LogP contribution is 2.22. The van der Waals surface area contributed by atoms with Crippen LogP contribution in [0.15, 0.2) is 42.6 Å². The molecule has 1 N–H and O–H groups in total. The Morgan fingerprint density at radius 2 is 1.89 bits per heavy atom. The summed E-state index contributed by atoms with van der Waals surface area (Å²) in [4.78, 5) is 18.3. The second kappa shape index (κ2) is 9.89. The van der Waals surface area contributed by atoms with E-state index >= 15 is 0 Å². The van der Waals surface area contributed by atoms with Crippen LogP contribution >= 0.6 is 34.2 Å². The van der Waals surface area contributed by atoms with Crippen LogP contribution in [0.2, 0.25) is 5.15 Å². The SMILES string of the molecule is C[C@H](Cc1ccc(I)cc1)OC(=O)N(C[C@H](O)c1ccc(Cl)nc1)C(C)(C)C. The van der Waals surface area contributed by atoms with Gasteiger partial charge in [-0.05, 0) is 74.0 Å². The van der Waals surface area contributed by atoms with E-state index in [0.29, 0.717) is 17.1 Å². The summed E-state index contributed by atoms with van der Waals surface area (Å²) in [5.74, 6) is 0. The fourth-order valence-electron chi connectivity index (χ4n) is 2.71. The fourth-order valence-corrected chi connectivity index (χ4v) is 3.19. The predicted molar refractivity (Wildman–Crippen MR) is 119 cm³/mol. The minimum absolute atomic E-state index is 0.0991. The number of halogens is 2. The molecule has 0 aliphatic carbocycles. The Labute approximate surface area is 185 Å². The number of ether oxygens (including phenoxy) is 1. The number of amides is 1. The van der Waals surface area contributed by atoms with Gasteiger partial charge < -0.3 is 14.7 Å². The third-order valence-corrected chi connectivity index (χ3v) is 5.20. The van der Waals surface area contributed by atoms with E-state index in [-0.39, 0.29) is 12.6 Å². The standard InChI is InChI=1S/C21H26ClIN2O3/c1-14(11-15-5-8-17(23)9-6-15)28-20(27)25(21(2,3)4)13-18(26)16-7-10-19(22)24-12-16/h5-10,12,14,18,26H,11,13H2,1-4H3/t14-,18+/m1/s1. The normalized spacial score (nSPS) is 13.7. The molecule has 0 unspecified atom stereocenters. The number of carbonyl (C=O) groups excluding carboxylic acids is 1. The maximum atomic E-state index is 12.8. The molecule has 2 atom stereocenters. The first-order valence-corrected chi connectivity index (χ1v) is 10.5. The number of carbonyl (C=O) groups is 1. The second-order valence-corrected chi connectivity index (χ2v) is 9.37. The van der Waals surface area contributed by atoms with E-state index < -0.39 is 17.7 Å². The second-order valence-electron chi connectivity index (χ2n) is 7.74. The summed E-state index contributed by atoms with van der Waals surface area (Å²) in [6, 6.07) is 11.4. The number of aliphatic hydroxyl groups is 1. The van der Waals surface area contributed by atoms with Crippen molar-refractivity contribution in [3.63, 3.8) is 0 Å². The van der Waals surface area contributed by atoms with Crippen molar-refractivity contribution in [3.8, 4) is 0 Å². The van der Waals surface area contributed by atoms with E-state index in [9.17, 15) is 9.90 Å². The molecule has 152 valence electrons. The highest BCUT2D eigenvalue weighted by molar-refractivity contribution is 14.1. The molecule has 0 spiro atoms. The van der Waals surface area contributed by atoms with Crippen LogP contribution in [0.25, 0.3) is 0 Å². The van der Waals surface area contributed by atoms with Crippen LogP contribution in [0.3, 0.4) is 0 Å². The van der Waals surface area contributed by atoms with Gasteiger partial charge in [0, 0.05) is 27.3 Å². The lowest BCUT2D eigenvalue weighted by Crippen LogP contribution is -2.48. The monoisotopic (exact) mass is 516 g/mol. The Kier molecular flexibility index (Phi) is 8.09. The van der Waals surface area contributed by atoms with Crippen molar-refractivity contribution < 1.29 is 14.6 Å². The van der Waals surface area contributed by atoms with Crippen LogP contribution in [0.1, 0.15) is 44.9 Å². The third-order valence-electron chi connectivity index (χ3n) is 4.26. The van der Waals surface area contributed by atoms with Crippen molar-refractivity contribution in [2.24, 2.45) is 0 Å². The van der Waals surface area contributed by atoms with Gasteiger partial charge in [-0.2, -0.15) is 0 Å². The maximum absolute atomic E-state index is 12.8. The van der Waals surface area contributed by atoms with Gasteiger partial charge in [0.1, 0.15) is 11.3 Å². The molecule has 1 heterocycles. The first kappa shape index (κ1) is 22.9. The van der Waals surface area contributed by atoms with Crippen LogP contribution < -0.4 is 0 Å². The predicted octanol–water partition coefficient (Wildman–Crippen LogP) is 5.24. The topological polar surface area (TPSA) is 62.7 Å². The first-order valence-electron chi connectivity index (χ1n) is 9.08. The number of hydrogen-bond donors (Lipinski definition) is 1. The number of β-amino-alcohol motifs (C(OH)–C–C–N with tert-alkyl or cyclic N) is 1. The van der Waals surface area contributed by atoms with Gasteiger partial charge in [0.2, 0.25) is 0 Å². The molecule has 2 rings (SSSR count). The Morgan fingerprint density at radius 3 is 2.43 bits per heavy atom. The zero-order valence-corrected chi connectivity index (χ0v) is 19.4. The summed E-state index contributed by atoms with van der Waals surface area (Å²) in [6.07, 6.45) is 0.518. The molecule has 0 aliphatic heterocycles. The van der Waals surface area contributed by atoms with E-state index in [1.54, 1.807) is 12.1 Å². The lowest BCUT2D eigenvalue weighted by Gasteiger charge is -2.36. The minimum atomic E-state index is -0.886. The highest BCUT2D eigenvalue weighted by Gasteiger charge is 2.31. The molecule has 2 aromatic rings. The van der Waals surface area contributed by atoms with Gasteiger partial charge in [0.05, 0.1) is 12.6 Å². The van der Waals surface area contributed by atoms with Crippen molar-refractivity contribution in [2.75, 3.05) is 6.54 Å². The van der Waals surface area contributed by atoms with Crippen LogP contribution in [-0.2, 0) is 11.2 Å². The number of pyridine rings is 1. The van der Waals surface area contributed by atoms with Crippen molar-refractivity contribution in [1.29, 1.82) is 0 Å². The Morgan fingerprint density at radius 1 is 1.25 bits per heavy atom. The first-order chi connectivity index (χ1) is 13.1. The average Bonchev–Trinajstić information content (AvgIpc) is 2.60. The zero-order chi connectivity index (χ0) is 20.9. The zero-order valence-electron chi connectivity index (χ0n) is 16.5. The fraction of sp³-hybridized carbons (Fsp3) is 0.429. The Hall–Kier alpha value is -1.38. The van der Waals surface area contributed by atoms with Gasteiger partial charge in [0.25, 0.3) is 0 Å². The largest absolute Gasteiger partial charge is 0.446 e. The Balaban J connectivity index is 2.03. The summed E-state index contributed by atoms with van der Waals surface area (Å²) in [5, 5.41) is 10.9. The smallest absolute Gasteiger partial charge is 0.410 e. The molecule has 7 heteroatoms. The van der Waals surface area contributed by atoms with Crippen LogP contribution in [-0.4, -0.2) is 39.3 Å². The number of aliphatic hydroxyl groups excluding tert-OH is 1. The summed E-state index contributed by atoms with van der Waals surface area (Å²) in [5.41, 5.74) is 1.19. The van der Waals surface area contributed by atoms with Gasteiger partial charge >= 0.3 is 6.09 Å². The van der Waals surface area contributed by atoms with Crippen molar-refractivity contribution in [1.82, 2.24) is 9.88 Å². The third kappa shape index (κ3) is 6.90. The van der Waals surface area contributed by atoms with Gasteiger partial charge in [-0.15, -0.1) is 0 Å². The summed E-state index contributed by atoms with van der Waals surface area (Å²) < 4.78 is 6.83. The Bertz CT molecular complexity index is 776. The number of aromatic nitrogens is 1. The lowest BCUT2D eigenvalue weighted by atomic mass is 10.0. The molecule has 0 saturated carbocycles. The maximum Gasteiger partial charge on any atom is 0.410 e. The van der Waals surface area contributed by atoms with E-state index in [1.807, 2.05) is 52.0 Å². The van der Waals surface area contributed by atoms with E-state index in [4.69, 9.17) is 16.3 Å². The molecule has 0 aliphatic rings.